The van der Waals surface area contributed by atoms with Crippen LogP contribution in [0.5, 0.6) is 0 Å². The molecule has 0 bridgehead atoms. The van der Waals surface area contributed by atoms with Crippen LogP contribution in [0, 0.1) is 11.8 Å². The highest BCUT2D eigenvalue weighted by Gasteiger charge is 2.14. The van der Waals surface area contributed by atoms with E-state index in [2.05, 4.69) is 43.2 Å². The molecular formula is C16H35IN4. The molecule has 0 aromatic heterocycles. The van der Waals surface area contributed by atoms with Gasteiger partial charge in [0.15, 0.2) is 5.96 Å². The summed E-state index contributed by atoms with van der Waals surface area (Å²) in [6.07, 6.45) is 3.93. The monoisotopic (exact) mass is 410 g/mol. The van der Waals surface area contributed by atoms with Crippen molar-refractivity contribution < 1.29 is 0 Å². The molecule has 126 valence electrons. The Morgan fingerprint density at radius 3 is 2.38 bits per heavy atom. The minimum Gasteiger partial charge on any atom is -0.357 e. The lowest BCUT2D eigenvalue weighted by Gasteiger charge is -2.19. The summed E-state index contributed by atoms with van der Waals surface area (Å²) in [5.41, 5.74) is 0. The van der Waals surface area contributed by atoms with Crippen LogP contribution in [0.2, 0.25) is 0 Å². The molecule has 21 heavy (non-hydrogen) atoms. The fourth-order valence-electron chi connectivity index (χ4n) is 2.53. The van der Waals surface area contributed by atoms with Gasteiger partial charge in [-0.05, 0) is 51.1 Å². The van der Waals surface area contributed by atoms with Crippen LogP contribution in [0.3, 0.4) is 0 Å². The molecule has 1 atom stereocenters. The number of nitrogens with zero attached hydrogens (tertiary/aromatic N) is 2. The van der Waals surface area contributed by atoms with Gasteiger partial charge in [-0.15, -0.1) is 24.0 Å². The van der Waals surface area contributed by atoms with Crippen LogP contribution >= 0.6 is 24.0 Å². The van der Waals surface area contributed by atoms with Crippen LogP contribution in [0.4, 0.5) is 0 Å². The molecule has 0 aromatic carbocycles. The van der Waals surface area contributed by atoms with Crippen molar-refractivity contribution >= 4 is 29.9 Å². The Hall–Kier alpha value is -0.0400. The molecule has 1 fully saturated rings. The molecular weight excluding hydrogens is 375 g/mol. The van der Waals surface area contributed by atoms with E-state index in [0.717, 1.165) is 31.5 Å². The number of rotatable bonds is 8. The zero-order valence-electron chi connectivity index (χ0n) is 14.3. The van der Waals surface area contributed by atoms with E-state index in [1.54, 1.807) is 0 Å². The van der Waals surface area contributed by atoms with E-state index in [-0.39, 0.29) is 24.0 Å². The minimum absolute atomic E-state index is 0. The molecule has 0 saturated carbocycles. The zero-order chi connectivity index (χ0) is 14.8. The maximum absolute atomic E-state index is 4.72. The topological polar surface area (TPSA) is 39.7 Å². The lowest BCUT2D eigenvalue weighted by Crippen LogP contribution is -2.38. The van der Waals surface area contributed by atoms with Gasteiger partial charge in [-0.2, -0.15) is 0 Å². The fraction of sp³-hybridized carbons (Fsp3) is 0.938. The third kappa shape index (κ3) is 10.3. The maximum Gasteiger partial charge on any atom is 0.191 e. The first-order valence-electron chi connectivity index (χ1n) is 8.36. The number of likely N-dealkylation sites (tertiary alicyclic amines) is 1. The Kier molecular flexibility index (Phi) is 12.5. The quantitative estimate of drug-likeness (QED) is 0.367. The van der Waals surface area contributed by atoms with Gasteiger partial charge in [0.1, 0.15) is 0 Å². The summed E-state index contributed by atoms with van der Waals surface area (Å²) in [7, 11) is 0. The number of nitrogens with one attached hydrogen (secondary N) is 2. The van der Waals surface area contributed by atoms with Crippen molar-refractivity contribution in [2.45, 2.75) is 47.0 Å². The van der Waals surface area contributed by atoms with Crippen LogP contribution in [-0.4, -0.2) is 50.1 Å². The van der Waals surface area contributed by atoms with Crippen LogP contribution in [0.25, 0.3) is 0 Å². The van der Waals surface area contributed by atoms with Crippen LogP contribution in [0.1, 0.15) is 47.0 Å². The van der Waals surface area contributed by atoms with Crippen LogP contribution < -0.4 is 10.6 Å². The van der Waals surface area contributed by atoms with Crippen molar-refractivity contribution in [2.24, 2.45) is 16.8 Å². The lowest BCUT2D eigenvalue weighted by molar-refractivity contribution is 0.291. The van der Waals surface area contributed by atoms with Gasteiger partial charge in [-0.1, -0.05) is 20.8 Å². The summed E-state index contributed by atoms with van der Waals surface area (Å²) in [4.78, 5) is 7.29. The summed E-state index contributed by atoms with van der Waals surface area (Å²) in [5.74, 6) is 2.34. The Bertz CT molecular complexity index is 275. The molecule has 1 saturated heterocycles. The fourth-order valence-corrected chi connectivity index (χ4v) is 2.53. The van der Waals surface area contributed by atoms with Crippen molar-refractivity contribution in [3.8, 4) is 0 Å². The molecule has 2 N–H and O–H groups in total. The highest BCUT2D eigenvalue weighted by atomic mass is 127. The van der Waals surface area contributed by atoms with E-state index in [4.69, 9.17) is 4.99 Å². The van der Waals surface area contributed by atoms with Gasteiger partial charge in [0.05, 0.1) is 0 Å². The van der Waals surface area contributed by atoms with Gasteiger partial charge in [-0.25, -0.2) is 0 Å². The van der Waals surface area contributed by atoms with E-state index >= 15 is 0 Å². The number of guanidine groups is 1. The van der Waals surface area contributed by atoms with Gasteiger partial charge in [0, 0.05) is 26.2 Å². The van der Waals surface area contributed by atoms with Crippen molar-refractivity contribution in [1.29, 1.82) is 0 Å². The Balaban J connectivity index is 0.00000400. The third-order valence-electron chi connectivity index (χ3n) is 3.69. The van der Waals surface area contributed by atoms with Crippen molar-refractivity contribution in [1.82, 2.24) is 15.5 Å². The number of halogens is 1. The predicted molar refractivity (Wildman–Crippen MR) is 104 cm³/mol. The second-order valence-corrected chi connectivity index (χ2v) is 6.44. The number of aliphatic imine (C=N–C) groups is 1. The second-order valence-electron chi connectivity index (χ2n) is 6.44. The Morgan fingerprint density at radius 1 is 1.14 bits per heavy atom. The molecule has 1 aliphatic heterocycles. The maximum atomic E-state index is 4.72. The molecule has 0 radical (unpaired) electrons. The van der Waals surface area contributed by atoms with E-state index < -0.39 is 0 Å². The molecule has 1 heterocycles. The molecule has 1 rings (SSSR count). The molecule has 0 aromatic rings. The highest BCUT2D eigenvalue weighted by Crippen LogP contribution is 2.10. The van der Waals surface area contributed by atoms with Crippen molar-refractivity contribution in [2.75, 3.05) is 39.3 Å². The Labute approximate surface area is 148 Å². The molecule has 1 aliphatic rings. The normalized spacial score (nSPS) is 17.7. The summed E-state index contributed by atoms with van der Waals surface area (Å²) in [6, 6.07) is 0. The predicted octanol–water partition coefficient (Wildman–Crippen LogP) is 2.94. The van der Waals surface area contributed by atoms with E-state index in [9.17, 15) is 0 Å². The van der Waals surface area contributed by atoms with Crippen LogP contribution in [0.15, 0.2) is 4.99 Å². The summed E-state index contributed by atoms with van der Waals surface area (Å²) in [5, 5.41) is 6.76. The van der Waals surface area contributed by atoms with Crippen molar-refractivity contribution in [3.05, 3.63) is 0 Å². The summed E-state index contributed by atoms with van der Waals surface area (Å²) < 4.78 is 0. The second kappa shape index (κ2) is 12.5. The van der Waals surface area contributed by atoms with Gasteiger partial charge >= 0.3 is 0 Å². The molecule has 4 nitrogen and oxygen atoms in total. The van der Waals surface area contributed by atoms with E-state index in [1.165, 1.54) is 38.9 Å². The highest BCUT2D eigenvalue weighted by molar-refractivity contribution is 14.0. The SMILES string of the molecule is CCNC(=NCC(C)CN1CCCC1)NCCC(C)C.I. The Morgan fingerprint density at radius 2 is 1.81 bits per heavy atom. The molecule has 0 spiro atoms. The van der Waals surface area contributed by atoms with E-state index in [1.807, 2.05) is 0 Å². The number of hydrogen-bond donors (Lipinski definition) is 2. The molecule has 5 heteroatoms. The van der Waals surface area contributed by atoms with Crippen molar-refractivity contribution in [3.63, 3.8) is 0 Å². The number of hydrogen-bond acceptors (Lipinski definition) is 2. The first-order chi connectivity index (χ1) is 9.61. The van der Waals surface area contributed by atoms with Gasteiger partial charge in [0.25, 0.3) is 0 Å². The third-order valence-corrected chi connectivity index (χ3v) is 3.69. The molecule has 0 amide bonds. The minimum atomic E-state index is 0. The molecule has 1 unspecified atom stereocenters. The van der Waals surface area contributed by atoms with Gasteiger partial charge in [0.2, 0.25) is 0 Å². The first kappa shape index (κ1) is 21.0. The van der Waals surface area contributed by atoms with Gasteiger partial charge < -0.3 is 15.5 Å². The summed E-state index contributed by atoms with van der Waals surface area (Å²) in [6.45, 7) is 15.5. The van der Waals surface area contributed by atoms with Gasteiger partial charge in [-0.3, -0.25) is 4.99 Å². The average molecular weight is 410 g/mol. The average Bonchev–Trinajstić information content (AvgIpc) is 2.88. The van der Waals surface area contributed by atoms with Crippen LogP contribution in [-0.2, 0) is 0 Å². The first-order valence-corrected chi connectivity index (χ1v) is 8.36. The van der Waals surface area contributed by atoms with E-state index in [0.29, 0.717) is 5.92 Å². The largest absolute Gasteiger partial charge is 0.357 e. The zero-order valence-corrected chi connectivity index (χ0v) is 16.7. The molecule has 0 aliphatic carbocycles. The smallest absolute Gasteiger partial charge is 0.191 e. The lowest BCUT2D eigenvalue weighted by atomic mass is 10.1. The summed E-state index contributed by atoms with van der Waals surface area (Å²) >= 11 is 0. The standard InChI is InChI=1S/C16H34N4.HI/c1-5-17-16(18-9-8-14(2)3)19-12-15(4)13-20-10-6-7-11-20;/h14-15H,5-13H2,1-4H3,(H2,17,18,19);1H.